The van der Waals surface area contributed by atoms with E-state index < -0.39 is 29.9 Å². The number of nitrogens with one attached hydrogen (secondary N) is 4. The van der Waals surface area contributed by atoms with Gasteiger partial charge in [0.15, 0.2) is 0 Å². The van der Waals surface area contributed by atoms with E-state index in [1.165, 1.54) is 12.1 Å². The molecule has 3 heterocycles. The standard InChI is InChI=1S/C72H80N10O13S2/c1-5-79(6-2)54-31-33-59-63(46-54)95-64-47-55(80(7-3)8-4)32-34-60(64)69(59)70-65(25-16-26-66(70)97(89,90)91)96(87,88)74-37-40-92-42-44-94-45-43-93-41-39-81-49-53(77-78-81)48-73-67(83)35-36-68(84)76-61-23-17-38-82(62-24-15-14-22-58(61)62)72(86)51-27-29-52(30-28-51)75-71(85)57-21-13-12-20-56(57)50-18-10-9-11-19-50/h9-16,18-22,24-34,46-47,49,61,74H,5-8,17,23,35-45,48H2,1-4H3,(H3-,73,75,76,83,84,85,86,89,90,91). The number of hydrogen-bond donors (Lipinski definition) is 4. The molecule has 7 aromatic rings. The van der Waals surface area contributed by atoms with E-state index in [2.05, 4.69) is 40.5 Å². The minimum absolute atomic E-state index is 0.0477. The fourth-order valence-corrected chi connectivity index (χ4v) is 14.0. The number of ether oxygens (including phenoxy) is 3. The Balaban J connectivity index is 0.628. The second-order valence-electron chi connectivity index (χ2n) is 23.0. The van der Waals surface area contributed by atoms with Gasteiger partial charge < -0.3 is 48.9 Å². The normalized spacial score (nSPS) is 13.2. The summed E-state index contributed by atoms with van der Waals surface area (Å²) in [5, 5.41) is 18.4. The fraction of sp³-hybridized carbons (Fsp3) is 0.319. The van der Waals surface area contributed by atoms with Crippen LogP contribution in [-0.2, 0) is 57.0 Å². The molecule has 0 saturated heterocycles. The number of anilines is 3. The molecule has 3 aliphatic rings. The van der Waals surface area contributed by atoms with Crippen molar-refractivity contribution in [2.75, 3.05) is 94.0 Å². The van der Waals surface area contributed by atoms with E-state index in [0.29, 0.717) is 109 Å². The number of carbonyl (C=O) groups excluding carboxylic acids is 4. The number of sulfonamides is 1. The molecule has 25 heteroatoms. The largest absolute Gasteiger partial charge is 0.744 e. The number of benzene rings is 7. The molecule has 6 aromatic carbocycles. The summed E-state index contributed by atoms with van der Waals surface area (Å²) in [6, 6.07) is 45.5. The van der Waals surface area contributed by atoms with Gasteiger partial charge in [0.1, 0.15) is 40.2 Å². The first-order valence-electron chi connectivity index (χ1n) is 32.6. The molecule has 23 nitrogen and oxygen atoms in total. The number of carbonyl (C=O) groups is 4. The quantitative estimate of drug-likeness (QED) is 0.0136. The van der Waals surface area contributed by atoms with Crippen LogP contribution in [0.15, 0.2) is 178 Å². The van der Waals surface area contributed by atoms with Crippen molar-refractivity contribution in [2.45, 2.75) is 82.3 Å². The minimum atomic E-state index is -5.22. The van der Waals surface area contributed by atoms with Gasteiger partial charge in [-0.1, -0.05) is 78.0 Å². The average Bonchev–Trinajstić information content (AvgIpc) is 0.928. The topological polar surface area (TPSA) is 289 Å². The molecule has 0 radical (unpaired) electrons. The lowest BCUT2D eigenvalue weighted by atomic mass is 9.93. The third-order valence-corrected chi connectivity index (χ3v) is 19.2. The van der Waals surface area contributed by atoms with Crippen LogP contribution in [0.3, 0.4) is 0 Å². The fourth-order valence-electron chi connectivity index (χ4n) is 11.9. The second-order valence-corrected chi connectivity index (χ2v) is 26.1. The Morgan fingerprint density at radius 1 is 0.701 bits per heavy atom. The molecule has 97 heavy (non-hydrogen) atoms. The Bertz CT molecular complexity index is 4520. The number of aromatic nitrogens is 3. The smallest absolute Gasteiger partial charge is 0.258 e. The van der Waals surface area contributed by atoms with E-state index in [0.717, 1.165) is 33.8 Å². The number of rotatable bonds is 31. The molecule has 1 aromatic heterocycles. The molecule has 4 amide bonds. The zero-order valence-corrected chi connectivity index (χ0v) is 56.3. The number of nitrogens with zero attached hydrogens (tertiary/aromatic N) is 6. The highest BCUT2D eigenvalue weighted by molar-refractivity contribution is 7.89. The highest BCUT2D eigenvalue weighted by atomic mass is 32.2. The van der Waals surface area contributed by atoms with E-state index in [1.807, 2.05) is 125 Å². The van der Waals surface area contributed by atoms with Gasteiger partial charge in [0, 0.05) is 101 Å². The van der Waals surface area contributed by atoms with E-state index in [9.17, 15) is 40.6 Å². The van der Waals surface area contributed by atoms with Crippen LogP contribution in [0, 0.1) is 0 Å². The zero-order chi connectivity index (χ0) is 68.5. The first kappa shape index (κ1) is 70.3. The predicted octanol–water partition coefficient (Wildman–Crippen LogP) is 9.00. The Morgan fingerprint density at radius 3 is 2.13 bits per heavy atom. The second kappa shape index (κ2) is 33.0. The Kier molecular flexibility index (Phi) is 23.9. The first-order valence-corrected chi connectivity index (χ1v) is 35.4. The van der Waals surface area contributed by atoms with Crippen LogP contribution in [-0.4, -0.2) is 139 Å². The lowest BCUT2D eigenvalue weighted by molar-refractivity contribution is -0.127. The molecule has 1 aliphatic carbocycles. The number of amides is 4. The predicted molar refractivity (Wildman–Crippen MR) is 369 cm³/mol. The van der Waals surface area contributed by atoms with Crippen LogP contribution >= 0.6 is 0 Å². The molecule has 0 saturated carbocycles. The molecule has 0 spiro atoms. The number of fused-ring (bicyclic) bond motifs is 3. The monoisotopic (exact) mass is 1360 g/mol. The minimum Gasteiger partial charge on any atom is -0.744 e. The first-order chi connectivity index (χ1) is 47.0. The van der Waals surface area contributed by atoms with Crippen LogP contribution in [0.4, 0.5) is 17.1 Å². The molecule has 10 rings (SSSR count). The molecule has 508 valence electrons. The Labute approximate surface area is 564 Å². The van der Waals surface area contributed by atoms with Gasteiger partial charge in [-0.25, -0.2) is 30.8 Å². The highest BCUT2D eigenvalue weighted by Gasteiger charge is 2.31. The van der Waals surface area contributed by atoms with Gasteiger partial charge in [-0.05, 0) is 124 Å². The third-order valence-electron chi connectivity index (χ3n) is 16.8. The summed E-state index contributed by atoms with van der Waals surface area (Å²) in [4.78, 5) is 56.5. The SMILES string of the molecule is CCN(CC)c1ccc2c(-c3c(S(=O)(=O)[O-])cccc3S(=O)(=O)NCCOCCOCCOCCn3cc(CNC(=O)CCC(=O)NC4CCCN(C(=O)c5ccc(NC(=O)c6ccccc6-c6ccccc6)cc5)c5ccccc54)nn3)c3ccc(=[N+](CC)CC)cc-3oc2c1. The van der Waals surface area contributed by atoms with Crippen molar-refractivity contribution in [3.8, 4) is 33.6 Å². The van der Waals surface area contributed by atoms with Crippen LogP contribution < -0.4 is 40.4 Å². The van der Waals surface area contributed by atoms with Crippen LogP contribution in [0.25, 0.3) is 44.5 Å². The van der Waals surface area contributed by atoms with Crippen LogP contribution in [0.2, 0.25) is 0 Å². The van der Waals surface area contributed by atoms with E-state index >= 15 is 0 Å². The summed E-state index contributed by atoms with van der Waals surface area (Å²) in [5.41, 5.74) is 6.85. The van der Waals surface area contributed by atoms with E-state index in [-0.39, 0.29) is 99.8 Å². The highest BCUT2D eigenvalue weighted by Crippen LogP contribution is 2.46. The van der Waals surface area contributed by atoms with Crippen molar-refractivity contribution in [3.05, 3.63) is 192 Å². The van der Waals surface area contributed by atoms with Gasteiger partial charge in [-0.15, -0.1) is 5.10 Å². The Morgan fingerprint density at radius 2 is 1.39 bits per heavy atom. The third kappa shape index (κ3) is 17.6. The molecule has 2 aliphatic heterocycles. The number of para-hydroxylation sites is 1. The molecular formula is C72H80N10O13S2. The lowest BCUT2D eigenvalue weighted by Gasteiger charge is -2.24. The van der Waals surface area contributed by atoms with Gasteiger partial charge in [-0.3, -0.25) is 19.2 Å². The van der Waals surface area contributed by atoms with Crippen molar-refractivity contribution >= 4 is 71.8 Å². The van der Waals surface area contributed by atoms with Gasteiger partial charge in [-0.2, -0.15) is 0 Å². The van der Waals surface area contributed by atoms with Gasteiger partial charge in [0.25, 0.3) is 11.8 Å². The molecule has 0 fully saturated rings. The summed E-state index contributed by atoms with van der Waals surface area (Å²) in [6.45, 7) is 12.7. The maximum atomic E-state index is 14.3. The van der Waals surface area contributed by atoms with Crippen molar-refractivity contribution in [1.82, 2.24) is 34.9 Å². The van der Waals surface area contributed by atoms with Crippen molar-refractivity contribution < 1.29 is 59.2 Å². The van der Waals surface area contributed by atoms with E-state index in [1.54, 1.807) is 58.2 Å². The number of hydrogen-bond acceptors (Lipinski definition) is 16. The molecule has 1 unspecified atom stereocenters. The molecule has 1 atom stereocenters. The summed E-state index contributed by atoms with van der Waals surface area (Å²) < 4.78 is 97.5. The van der Waals surface area contributed by atoms with E-state index in [4.69, 9.17) is 18.6 Å². The maximum absolute atomic E-state index is 14.3. The van der Waals surface area contributed by atoms with Gasteiger partial charge >= 0.3 is 0 Å². The molecular weight excluding hydrogens is 1280 g/mol. The van der Waals surface area contributed by atoms with Crippen molar-refractivity contribution in [3.63, 3.8) is 0 Å². The summed E-state index contributed by atoms with van der Waals surface area (Å²) in [6.07, 6.45) is 2.76. The average molecular weight is 1360 g/mol. The molecule has 0 bridgehead atoms. The summed E-state index contributed by atoms with van der Waals surface area (Å²) in [5.74, 6) is -0.747. The van der Waals surface area contributed by atoms with Crippen molar-refractivity contribution in [1.29, 1.82) is 0 Å². The van der Waals surface area contributed by atoms with Gasteiger partial charge in [0.2, 0.25) is 27.2 Å². The lowest BCUT2D eigenvalue weighted by Crippen LogP contribution is -2.32. The zero-order valence-electron chi connectivity index (χ0n) is 54.7. The van der Waals surface area contributed by atoms with Crippen molar-refractivity contribution in [2.24, 2.45) is 0 Å². The van der Waals surface area contributed by atoms with Gasteiger partial charge in [0.05, 0.1) is 80.8 Å². The maximum Gasteiger partial charge on any atom is 0.258 e. The Hall–Kier alpha value is -9.47. The van der Waals surface area contributed by atoms with Crippen LogP contribution in [0.1, 0.15) is 91.4 Å². The summed E-state index contributed by atoms with van der Waals surface area (Å²) >= 11 is 0. The summed E-state index contributed by atoms with van der Waals surface area (Å²) in [7, 11) is -9.69. The molecule has 4 N–H and O–H groups in total. The van der Waals surface area contributed by atoms with Crippen LogP contribution in [0.5, 0.6) is 0 Å².